The highest BCUT2D eigenvalue weighted by Gasteiger charge is 2.22. The molecule has 3 heteroatoms. The summed E-state index contributed by atoms with van der Waals surface area (Å²) in [7, 11) is 1.36. The van der Waals surface area contributed by atoms with Gasteiger partial charge in [0.15, 0.2) is 6.10 Å². The molecule has 0 aliphatic carbocycles. The van der Waals surface area contributed by atoms with E-state index in [2.05, 4.69) is 11.3 Å². The molecule has 1 aliphatic heterocycles. The largest absolute Gasteiger partial charge is 0.467 e. The van der Waals surface area contributed by atoms with Crippen molar-refractivity contribution in [2.45, 2.75) is 25.4 Å². The summed E-state index contributed by atoms with van der Waals surface area (Å²) in [5, 5.41) is 0. The molecular weight excluding hydrogens is 132 g/mol. The fraction of sp³-hybridized carbons (Fsp3) is 0.714. The quantitative estimate of drug-likeness (QED) is 0.507. The third kappa shape index (κ3) is 1.70. The van der Waals surface area contributed by atoms with Gasteiger partial charge in [0.2, 0.25) is 0 Å². The molecule has 10 heavy (non-hydrogen) atoms. The third-order valence-electron chi connectivity index (χ3n) is 1.43. The summed E-state index contributed by atoms with van der Waals surface area (Å²) in [5.41, 5.74) is 0. The van der Waals surface area contributed by atoms with Crippen LogP contribution >= 0.6 is 0 Å². The van der Waals surface area contributed by atoms with Crippen LogP contribution in [-0.4, -0.2) is 19.2 Å². The van der Waals surface area contributed by atoms with E-state index in [1.807, 2.05) is 0 Å². The van der Waals surface area contributed by atoms with Crippen molar-refractivity contribution in [1.82, 2.24) is 0 Å². The van der Waals surface area contributed by atoms with Gasteiger partial charge in [-0.25, -0.2) is 4.79 Å². The van der Waals surface area contributed by atoms with Crippen molar-refractivity contribution in [3.05, 3.63) is 6.61 Å². The van der Waals surface area contributed by atoms with Gasteiger partial charge in [-0.1, -0.05) is 0 Å². The van der Waals surface area contributed by atoms with Crippen molar-refractivity contribution in [3.63, 3.8) is 0 Å². The van der Waals surface area contributed by atoms with E-state index in [0.717, 1.165) is 19.3 Å². The minimum atomic E-state index is -0.404. The Morgan fingerprint density at radius 2 is 2.60 bits per heavy atom. The fourth-order valence-corrected chi connectivity index (χ4v) is 0.875. The molecule has 1 fully saturated rings. The molecule has 0 aromatic rings. The first kappa shape index (κ1) is 7.54. The molecule has 2 radical (unpaired) electrons. The van der Waals surface area contributed by atoms with Gasteiger partial charge in [0, 0.05) is 0 Å². The van der Waals surface area contributed by atoms with Crippen LogP contribution in [0.1, 0.15) is 19.3 Å². The highest BCUT2D eigenvalue weighted by atomic mass is 16.6. The van der Waals surface area contributed by atoms with Crippen LogP contribution in [0.2, 0.25) is 0 Å². The minimum Gasteiger partial charge on any atom is -0.467 e. The fourth-order valence-electron chi connectivity index (χ4n) is 0.875. The van der Waals surface area contributed by atoms with E-state index in [0.29, 0.717) is 0 Å². The molecule has 1 aliphatic rings. The molecule has 0 aromatic heterocycles. The molecule has 0 N–H and O–H groups in total. The monoisotopic (exact) mass is 142 g/mol. The summed E-state index contributed by atoms with van der Waals surface area (Å²) in [6, 6.07) is 0. The van der Waals surface area contributed by atoms with Crippen LogP contribution < -0.4 is 0 Å². The van der Waals surface area contributed by atoms with Gasteiger partial charge < -0.3 is 9.47 Å². The van der Waals surface area contributed by atoms with Crippen LogP contribution in [0.5, 0.6) is 0 Å². The predicted molar refractivity (Wildman–Crippen MR) is 34.0 cm³/mol. The van der Waals surface area contributed by atoms with Gasteiger partial charge >= 0.3 is 5.97 Å². The summed E-state index contributed by atoms with van der Waals surface area (Å²) >= 11 is 0. The summed E-state index contributed by atoms with van der Waals surface area (Å²) in [6.45, 7) is 2.65. The molecular formula is C7H10O3. The molecule has 0 saturated carbocycles. The number of ether oxygens (including phenoxy) is 2. The van der Waals surface area contributed by atoms with Gasteiger partial charge in [-0.05, 0) is 19.3 Å². The van der Waals surface area contributed by atoms with E-state index in [4.69, 9.17) is 4.74 Å². The van der Waals surface area contributed by atoms with E-state index in [1.165, 1.54) is 7.11 Å². The van der Waals surface area contributed by atoms with E-state index in [9.17, 15) is 4.79 Å². The van der Waals surface area contributed by atoms with Crippen molar-refractivity contribution >= 4 is 5.97 Å². The van der Waals surface area contributed by atoms with E-state index < -0.39 is 6.10 Å². The number of rotatable bonds is 1. The molecule has 1 heterocycles. The Hall–Kier alpha value is -0.570. The third-order valence-corrected chi connectivity index (χ3v) is 1.43. The van der Waals surface area contributed by atoms with Crippen LogP contribution in [-0.2, 0) is 14.3 Å². The van der Waals surface area contributed by atoms with Crippen LogP contribution in [0.25, 0.3) is 0 Å². The summed E-state index contributed by atoms with van der Waals surface area (Å²) in [6.07, 6.45) is 2.12. The van der Waals surface area contributed by atoms with Gasteiger partial charge in [-0.2, -0.15) is 0 Å². The van der Waals surface area contributed by atoms with Crippen LogP contribution in [0.3, 0.4) is 0 Å². The predicted octanol–water partition coefficient (Wildman–Crippen LogP) is 0.767. The number of hydrogen-bond acceptors (Lipinski definition) is 3. The van der Waals surface area contributed by atoms with Gasteiger partial charge in [0.25, 0.3) is 0 Å². The Morgan fingerprint density at radius 1 is 1.80 bits per heavy atom. The first-order valence-electron chi connectivity index (χ1n) is 3.31. The zero-order valence-electron chi connectivity index (χ0n) is 5.92. The van der Waals surface area contributed by atoms with E-state index in [-0.39, 0.29) is 5.97 Å². The maximum absolute atomic E-state index is 10.8. The molecule has 3 nitrogen and oxygen atoms in total. The number of carbonyl (C=O) groups excluding carboxylic acids is 1. The molecule has 0 amide bonds. The average molecular weight is 142 g/mol. The maximum Gasteiger partial charge on any atom is 0.335 e. The van der Waals surface area contributed by atoms with Crippen molar-refractivity contribution < 1.29 is 14.3 Å². The Bertz CT molecular complexity index is 116. The first-order valence-corrected chi connectivity index (χ1v) is 3.31. The van der Waals surface area contributed by atoms with Crippen molar-refractivity contribution in [1.29, 1.82) is 0 Å². The zero-order chi connectivity index (χ0) is 7.40. The summed E-state index contributed by atoms with van der Waals surface area (Å²) in [4.78, 5) is 10.8. The number of esters is 1. The molecule has 1 saturated heterocycles. The Balaban J connectivity index is 2.31. The highest BCUT2D eigenvalue weighted by molar-refractivity contribution is 5.74. The zero-order valence-corrected chi connectivity index (χ0v) is 5.92. The summed E-state index contributed by atoms with van der Waals surface area (Å²) < 4.78 is 9.39. The van der Waals surface area contributed by atoms with Gasteiger partial charge in [-0.15, -0.1) is 0 Å². The van der Waals surface area contributed by atoms with Gasteiger partial charge in [0.05, 0.1) is 7.11 Å². The Morgan fingerprint density at radius 3 is 3.10 bits per heavy atom. The molecule has 0 aromatic carbocycles. The molecule has 0 bridgehead atoms. The van der Waals surface area contributed by atoms with Crippen LogP contribution in [0, 0.1) is 6.61 Å². The van der Waals surface area contributed by atoms with Crippen molar-refractivity contribution in [2.24, 2.45) is 0 Å². The molecule has 0 spiro atoms. The smallest absolute Gasteiger partial charge is 0.335 e. The lowest BCUT2D eigenvalue weighted by Crippen LogP contribution is -2.27. The van der Waals surface area contributed by atoms with E-state index >= 15 is 0 Å². The Kier molecular flexibility index (Phi) is 2.68. The second-order valence-corrected chi connectivity index (χ2v) is 2.17. The standard InChI is InChI=1S/C7H10O3/c1-9-7(8)6-4-2-3-5-10-6/h6H,2-4H2,1H3. The normalized spacial score (nSPS) is 25.9. The van der Waals surface area contributed by atoms with Crippen LogP contribution in [0.15, 0.2) is 0 Å². The second kappa shape index (κ2) is 3.56. The van der Waals surface area contributed by atoms with E-state index in [1.54, 1.807) is 0 Å². The lowest BCUT2D eigenvalue weighted by molar-refractivity contribution is -0.153. The molecule has 1 rings (SSSR count). The number of hydrogen-bond donors (Lipinski definition) is 0. The van der Waals surface area contributed by atoms with Crippen LogP contribution in [0.4, 0.5) is 0 Å². The number of carbonyl (C=O) groups is 1. The highest BCUT2D eigenvalue weighted by Crippen LogP contribution is 2.16. The first-order chi connectivity index (χ1) is 4.84. The molecule has 56 valence electrons. The number of methoxy groups -OCH3 is 1. The lowest BCUT2D eigenvalue weighted by Gasteiger charge is -2.18. The SMILES string of the molecule is COC(=O)C1CCC[C]O1. The topological polar surface area (TPSA) is 35.5 Å². The maximum atomic E-state index is 10.8. The van der Waals surface area contributed by atoms with Gasteiger partial charge in [0.1, 0.15) is 6.61 Å². The average Bonchev–Trinajstić information content (AvgIpc) is 2.05. The Labute approximate surface area is 60.3 Å². The van der Waals surface area contributed by atoms with Crippen molar-refractivity contribution in [3.8, 4) is 0 Å². The molecule has 1 unspecified atom stereocenters. The van der Waals surface area contributed by atoms with Crippen molar-refractivity contribution in [2.75, 3.05) is 7.11 Å². The summed E-state index contributed by atoms with van der Waals surface area (Å²) in [5.74, 6) is -0.299. The second-order valence-electron chi connectivity index (χ2n) is 2.17. The minimum absolute atomic E-state index is 0.299. The lowest BCUT2D eigenvalue weighted by atomic mass is 10.1. The molecule has 1 atom stereocenters. The van der Waals surface area contributed by atoms with Gasteiger partial charge in [-0.3, -0.25) is 0 Å².